The minimum atomic E-state index is -0.523. The van der Waals surface area contributed by atoms with Crippen molar-refractivity contribution in [1.82, 2.24) is 0 Å². The smallest absolute Gasteiger partial charge is 0.123 e. The highest BCUT2D eigenvalue weighted by Crippen LogP contribution is 2.50. The molecule has 0 radical (unpaired) electrons. The molecule has 0 saturated heterocycles. The minimum absolute atomic E-state index is 0.0652. The van der Waals surface area contributed by atoms with Crippen LogP contribution in [0.1, 0.15) is 34.1 Å². The van der Waals surface area contributed by atoms with Crippen LogP contribution in [0.4, 0.5) is 0 Å². The number of hydrogen-bond donors (Lipinski definition) is 4. The lowest BCUT2D eigenvalue weighted by atomic mass is 9.75. The molecule has 5 aromatic rings. The van der Waals surface area contributed by atoms with E-state index in [9.17, 15) is 20.4 Å². The summed E-state index contributed by atoms with van der Waals surface area (Å²) in [5.41, 5.74) is 5.37. The van der Waals surface area contributed by atoms with Gasteiger partial charge in [0, 0.05) is 34.1 Å². The molecule has 0 aromatic heterocycles. The summed E-state index contributed by atoms with van der Waals surface area (Å²) in [5.74, 6) is -0.568. The minimum Gasteiger partial charge on any atom is -0.508 e. The maximum atomic E-state index is 11.2. The first-order chi connectivity index (χ1) is 19.5. The van der Waals surface area contributed by atoms with E-state index in [0.717, 1.165) is 11.1 Å². The maximum Gasteiger partial charge on any atom is 0.123 e. The largest absolute Gasteiger partial charge is 0.508 e. The summed E-state index contributed by atoms with van der Waals surface area (Å²) in [6.07, 6.45) is 3.53. The predicted molar refractivity (Wildman–Crippen MR) is 161 cm³/mol. The van der Waals surface area contributed by atoms with Gasteiger partial charge in [0.25, 0.3) is 0 Å². The molecule has 0 aliphatic heterocycles. The molecule has 2 atom stereocenters. The first-order valence-electron chi connectivity index (χ1n) is 13.0. The van der Waals surface area contributed by atoms with Crippen LogP contribution in [0.5, 0.6) is 23.0 Å². The third-order valence-corrected chi connectivity index (χ3v) is 7.31. The summed E-state index contributed by atoms with van der Waals surface area (Å²) < 4.78 is 0. The van der Waals surface area contributed by atoms with Crippen LogP contribution in [0.15, 0.2) is 135 Å². The Balaban J connectivity index is 1.97. The second kappa shape index (κ2) is 11.3. The van der Waals surface area contributed by atoms with Gasteiger partial charge in [0.1, 0.15) is 23.0 Å². The van der Waals surface area contributed by atoms with Crippen LogP contribution in [0.25, 0.3) is 22.3 Å². The van der Waals surface area contributed by atoms with Gasteiger partial charge in [0.05, 0.1) is 0 Å². The molecule has 4 heteroatoms. The Kier molecular flexibility index (Phi) is 7.43. The van der Waals surface area contributed by atoms with E-state index in [2.05, 4.69) is 13.2 Å². The second-order valence-corrected chi connectivity index (χ2v) is 9.57. The highest BCUT2D eigenvalue weighted by Gasteiger charge is 2.29. The fourth-order valence-electron chi connectivity index (χ4n) is 5.47. The molecule has 198 valence electrons. The molecule has 0 aliphatic rings. The van der Waals surface area contributed by atoms with E-state index in [-0.39, 0.29) is 23.0 Å². The first-order valence-corrected chi connectivity index (χ1v) is 13.0. The van der Waals surface area contributed by atoms with Crippen molar-refractivity contribution in [3.05, 3.63) is 157 Å². The summed E-state index contributed by atoms with van der Waals surface area (Å²) in [6, 6.07) is 32.2. The van der Waals surface area contributed by atoms with Gasteiger partial charge in [0.2, 0.25) is 0 Å². The van der Waals surface area contributed by atoms with Crippen molar-refractivity contribution in [2.24, 2.45) is 0 Å². The molecule has 0 saturated carbocycles. The van der Waals surface area contributed by atoms with Crippen molar-refractivity contribution in [1.29, 1.82) is 0 Å². The summed E-state index contributed by atoms with van der Waals surface area (Å²) >= 11 is 0. The van der Waals surface area contributed by atoms with Crippen LogP contribution in [-0.4, -0.2) is 20.4 Å². The number of phenols is 4. The quantitative estimate of drug-likeness (QED) is 0.153. The zero-order valence-corrected chi connectivity index (χ0v) is 21.9. The average Bonchev–Trinajstić information content (AvgIpc) is 2.97. The third-order valence-electron chi connectivity index (χ3n) is 7.31. The van der Waals surface area contributed by atoms with E-state index < -0.39 is 11.8 Å². The number of hydrogen-bond acceptors (Lipinski definition) is 4. The molecular weight excluding hydrogens is 496 g/mol. The van der Waals surface area contributed by atoms with Crippen molar-refractivity contribution >= 4 is 0 Å². The second-order valence-electron chi connectivity index (χ2n) is 9.57. The number of allylic oxidation sites excluding steroid dienone is 2. The Bertz CT molecular complexity index is 1700. The van der Waals surface area contributed by atoms with Gasteiger partial charge in [0.15, 0.2) is 0 Å². The van der Waals surface area contributed by atoms with E-state index in [1.54, 1.807) is 60.7 Å². The summed E-state index contributed by atoms with van der Waals surface area (Å²) in [7, 11) is 0. The Hall–Kier alpha value is -5.22. The normalized spacial score (nSPS) is 12.4. The topological polar surface area (TPSA) is 80.9 Å². The van der Waals surface area contributed by atoms with Crippen molar-refractivity contribution in [2.45, 2.75) is 11.8 Å². The van der Waals surface area contributed by atoms with E-state index in [0.29, 0.717) is 33.4 Å². The van der Waals surface area contributed by atoms with Crippen LogP contribution >= 0.6 is 0 Å². The van der Waals surface area contributed by atoms with Crippen LogP contribution in [0.3, 0.4) is 0 Å². The van der Waals surface area contributed by atoms with Crippen LogP contribution < -0.4 is 0 Å². The number of benzene rings is 5. The van der Waals surface area contributed by atoms with Crippen molar-refractivity contribution in [3.8, 4) is 45.3 Å². The zero-order valence-electron chi connectivity index (χ0n) is 21.9. The maximum absolute atomic E-state index is 11.2. The highest BCUT2D eigenvalue weighted by molar-refractivity contribution is 5.92. The SMILES string of the molecule is C=CC(c1ccccc1O)c1ccc(-c2ccccc2O)c(-c2ccccc2O)c1C(C=C)c1ccccc1O. The molecular formula is C36H30O4. The number of aromatic hydroxyl groups is 4. The monoisotopic (exact) mass is 526 g/mol. The first kappa shape index (κ1) is 26.4. The molecule has 4 N–H and O–H groups in total. The van der Waals surface area contributed by atoms with Crippen LogP contribution in [-0.2, 0) is 0 Å². The van der Waals surface area contributed by atoms with Crippen molar-refractivity contribution in [3.63, 3.8) is 0 Å². The molecule has 0 heterocycles. The van der Waals surface area contributed by atoms with Gasteiger partial charge in [-0.3, -0.25) is 0 Å². The van der Waals surface area contributed by atoms with Gasteiger partial charge in [-0.25, -0.2) is 0 Å². The highest BCUT2D eigenvalue weighted by atomic mass is 16.3. The molecule has 4 nitrogen and oxygen atoms in total. The van der Waals surface area contributed by atoms with Crippen molar-refractivity contribution in [2.75, 3.05) is 0 Å². The van der Waals surface area contributed by atoms with Gasteiger partial charge in [-0.15, -0.1) is 13.2 Å². The van der Waals surface area contributed by atoms with Gasteiger partial charge < -0.3 is 20.4 Å². The van der Waals surface area contributed by atoms with Crippen LogP contribution in [0.2, 0.25) is 0 Å². The number of rotatable bonds is 8. The summed E-state index contributed by atoms with van der Waals surface area (Å²) in [4.78, 5) is 0. The fraction of sp³-hybridized carbons (Fsp3) is 0.0556. The molecule has 40 heavy (non-hydrogen) atoms. The van der Waals surface area contributed by atoms with E-state index >= 15 is 0 Å². The number of phenolic OH excluding ortho intramolecular Hbond substituents is 4. The predicted octanol–water partition coefficient (Wildman–Crippen LogP) is 8.48. The van der Waals surface area contributed by atoms with Crippen molar-refractivity contribution < 1.29 is 20.4 Å². The van der Waals surface area contributed by atoms with Gasteiger partial charge in [-0.05, 0) is 46.5 Å². The molecule has 2 unspecified atom stereocenters. The molecule has 0 bridgehead atoms. The van der Waals surface area contributed by atoms with Crippen LogP contribution in [0, 0.1) is 0 Å². The lowest BCUT2D eigenvalue weighted by Crippen LogP contribution is -2.10. The zero-order chi connectivity index (χ0) is 28.2. The molecule has 0 spiro atoms. The molecule has 5 rings (SSSR count). The van der Waals surface area contributed by atoms with Gasteiger partial charge >= 0.3 is 0 Å². The van der Waals surface area contributed by atoms with E-state index in [1.165, 1.54) is 0 Å². The third kappa shape index (κ3) is 4.72. The molecule has 0 aliphatic carbocycles. The number of para-hydroxylation sites is 4. The lowest BCUT2D eigenvalue weighted by molar-refractivity contribution is 0.466. The summed E-state index contributed by atoms with van der Waals surface area (Å²) in [6.45, 7) is 8.26. The Morgan fingerprint density at radius 3 is 1.38 bits per heavy atom. The Morgan fingerprint density at radius 1 is 0.425 bits per heavy atom. The lowest BCUT2D eigenvalue weighted by Gasteiger charge is -2.29. The van der Waals surface area contributed by atoms with E-state index in [1.807, 2.05) is 60.7 Å². The molecule has 0 fully saturated rings. The van der Waals surface area contributed by atoms with Gasteiger partial charge in [-0.2, -0.15) is 0 Å². The Morgan fingerprint density at radius 2 is 0.875 bits per heavy atom. The standard InChI is InChI=1S/C36H30O4/c1-3-23(25-13-5-9-17-31(25)37)28-21-22-29(27-15-7-11-19-33(27)39)36(30-16-8-12-20-34(30)40)35(28)24(4-2)26-14-6-10-18-32(26)38/h3-24,37-40H,1-2H2. The fourth-order valence-corrected chi connectivity index (χ4v) is 5.47. The molecule has 5 aromatic carbocycles. The van der Waals surface area contributed by atoms with Gasteiger partial charge in [-0.1, -0.05) is 97.1 Å². The Labute approximate surface area is 234 Å². The van der Waals surface area contributed by atoms with E-state index in [4.69, 9.17) is 0 Å². The molecule has 0 amide bonds. The average molecular weight is 527 g/mol. The summed E-state index contributed by atoms with van der Waals surface area (Å²) in [5, 5.41) is 43.9.